The Morgan fingerprint density at radius 2 is 1.97 bits per heavy atom. The number of nitrogens with zero attached hydrogens (tertiary/aromatic N) is 3. The van der Waals surface area contributed by atoms with Crippen LogP contribution < -0.4 is 5.32 Å². The van der Waals surface area contributed by atoms with Gasteiger partial charge in [-0.1, -0.05) is 18.9 Å². The molecule has 0 bridgehead atoms. The zero-order valence-electron chi connectivity index (χ0n) is 17.1. The maximum absolute atomic E-state index is 13.6. The van der Waals surface area contributed by atoms with Crippen molar-refractivity contribution in [2.75, 3.05) is 19.6 Å². The average Bonchev–Trinajstić information content (AvgIpc) is 3.29. The summed E-state index contributed by atoms with van der Waals surface area (Å²) >= 11 is 0. The Balaban J connectivity index is 0.00000240. The predicted octanol–water partition coefficient (Wildman–Crippen LogP) is 2.77. The molecule has 29 heavy (non-hydrogen) atoms. The molecule has 2 aliphatic heterocycles. The van der Waals surface area contributed by atoms with Crippen LogP contribution in [0.25, 0.3) is 0 Å². The maximum Gasteiger partial charge on any atom is 0.228 e. The lowest BCUT2D eigenvalue weighted by atomic mass is 10.0. The van der Waals surface area contributed by atoms with Gasteiger partial charge >= 0.3 is 0 Å². The van der Waals surface area contributed by atoms with Crippen LogP contribution in [-0.2, 0) is 16.1 Å². The lowest BCUT2D eigenvalue weighted by Gasteiger charge is -2.33. The molecule has 2 saturated heterocycles. The van der Waals surface area contributed by atoms with Crippen LogP contribution in [0, 0.1) is 5.92 Å². The number of aromatic nitrogens is 1. The van der Waals surface area contributed by atoms with Crippen LogP contribution in [0.3, 0.4) is 0 Å². The van der Waals surface area contributed by atoms with Crippen LogP contribution in [0.5, 0.6) is 0 Å². The minimum Gasteiger partial charge on any atom is -0.339 e. The highest BCUT2D eigenvalue weighted by Gasteiger charge is 2.41. The molecule has 1 saturated carbocycles. The molecule has 2 atom stereocenters. The molecule has 160 valence electrons. The summed E-state index contributed by atoms with van der Waals surface area (Å²) in [6.45, 7) is 3.10. The Morgan fingerprint density at radius 3 is 2.72 bits per heavy atom. The maximum atomic E-state index is 13.6. The fourth-order valence-electron chi connectivity index (χ4n) is 5.07. The van der Waals surface area contributed by atoms with Crippen molar-refractivity contribution in [3.8, 4) is 0 Å². The highest BCUT2D eigenvalue weighted by molar-refractivity contribution is 5.89. The van der Waals surface area contributed by atoms with E-state index in [9.17, 15) is 9.59 Å². The smallest absolute Gasteiger partial charge is 0.228 e. The molecule has 0 spiro atoms. The third-order valence-electron chi connectivity index (χ3n) is 6.60. The van der Waals surface area contributed by atoms with Gasteiger partial charge in [-0.25, -0.2) is 0 Å². The van der Waals surface area contributed by atoms with Gasteiger partial charge in [-0.05, 0) is 57.3 Å². The zero-order valence-corrected chi connectivity index (χ0v) is 17.9. The van der Waals surface area contributed by atoms with Gasteiger partial charge in [-0.2, -0.15) is 0 Å². The predicted molar refractivity (Wildman–Crippen MR) is 115 cm³/mol. The Labute approximate surface area is 179 Å². The van der Waals surface area contributed by atoms with Gasteiger partial charge in [0.2, 0.25) is 11.8 Å². The number of pyridine rings is 1. The molecule has 3 heterocycles. The molecule has 6 nitrogen and oxygen atoms in total. The highest BCUT2D eigenvalue weighted by atomic mass is 35.5. The summed E-state index contributed by atoms with van der Waals surface area (Å²) < 4.78 is 0. The quantitative estimate of drug-likeness (QED) is 0.795. The second kappa shape index (κ2) is 10.4. The number of hydrogen-bond acceptors (Lipinski definition) is 4. The Hall–Kier alpha value is -1.66. The first-order chi connectivity index (χ1) is 13.7. The molecule has 1 aromatic rings. The van der Waals surface area contributed by atoms with Crippen molar-refractivity contribution in [3.05, 3.63) is 30.1 Å². The topological polar surface area (TPSA) is 65.5 Å². The molecule has 4 rings (SSSR count). The minimum absolute atomic E-state index is 0. The normalized spacial score (nSPS) is 25.5. The number of nitrogens with one attached hydrogen (secondary N) is 1. The van der Waals surface area contributed by atoms with E-state index in [1.807, 2.05) is 28.0 Å². The Morgan fingerprint density at radius 1 is 1.14 bits per heavy atom. The first kappa shape index (κ1) is 22.0. The van der Waals surface area contributed by atoms with Crippen LogP contribution in [-0.4, -0.2) is 58.3 Å². The number of carbonyl (C=O) groups is 2. The van der Waals surface area contributed by atoms with Gasteiger partial charge in [0.1, 0.15) is 0 Å². The Kier molecular flexibility index (Phi) is 7.90. The van der Waals surface area contributed by atoms with Gasteiger partial charge in [0.15, 0.2) is 0 Å². The van der Waals surface area contributed by atoms with Gasteiger partial charge in [0.25, 0.3) is 0 Å². The van der Waals surface area contributed by atoms with Crippen molar-refractivity contribution in [1.29, 1.82) is 0 Å². The third-order valence-corrected chi connectivity index (χ3v) is 6.60. The SMILES string of the molecule is Cl.O=C1CC(C(=O)N(Cc2ccccn2)C2CCCNCC2)CN1C1CCCC1. The fourth-order valence-corrected chi connectivity index (χ4v) is 5.07. The van der Waals surface area contributed by atoms with Gasteiger partial charge < -0.3 is 15.1 Å². The van der Waals surface area contributed by atoms with E-state index in [1.165, 1.54) is 12.8 Å². The van der Waals surface area contributed by atoms with Gasteiger partial charge in [-0.15, -0.1) is 12.4 Å². The van der Waals surface area contributed by atoms with Crippen molar-refractivity contribution >= 4 is 24.2 Å². The lowest BCUT2D eigenvalue weighted by Crippen LogP contribution is -2.44. The summed E-state index contributed by atoms with van der Waals surface area (Å²) in [5.74, 6) is 0.116. The van der Waals surface area contributed by atoms with Crippen LogP contribution in [0.4, 0.5) is 0 Å². The second-order valence-electron chi connectivity index (χ2n) is 8.51. The zero-order chi connectivity index (χ0) is 19.3. The van der Waals surface area contributed by atoms with Crippen LogP contribution in [0.1, 0.15) is 57.1 Å². The number of carbonyl (C=O) groups excluding carboxylic acids is 2. The molecule has 1 N–H and O–H groups in total. The van der Waals surface area contributed by atoms with E-state index in [4.69, 9.17) is 0 Å². The highest BCUT2D eigenvalue weighted by Crippen LogP contribution is 2.31. The lowest BCUT2D eigenvalue weighted by molar-refractivity contribution is -0.139. The summed E-state index contributed by atoms with van der Waals surface area (Å²) in [4.78, 5) is 34.7. The number of halogens is 1. The first-order valence-corrected chi connectivity index (χ1v) is 10.9. The molecule has 2 unspecified atom stereocenters. The van der Waals surface area contributed by atoms with E-state index >= 15 is 0 Å². The summed E-state index contributed by atoms with van der Waals surface area (Å²) in [6.07, 6.45) is 9.81. The summed E-state index contributed by atoms with van der Waals surface area (Å²) in [6, 6.07) is 6.44. The number of rotatable bonds is 5. The van der Waals surface area contributed by atoms with Gasteiger partial charge in [-0.3, -0.25) is 14.6 Å². The van der Waals surface area contributed by atoms with E-state index in [0.717, 1.165) is 50.9 Å². The largest absolute Gasteiger partial charge is 0.339 e. The van der Waals surface area contributed by atoms with Crippen molar-refractivity contribution in [1.82, 2.24) is 20.1 Å². The molecule has 0 aromatic carbocycles. The minimum atomic E-state index is -0.201. The van der Waals surface area contributed by atoms with Gasteiger partial charge in [0.05, 0.1) is 18.2 Å². The Bertz CT molecular complexity index is 673. The molecule has 3 fully saturated rings. The van der Waals surface area contributed by atoms with E-state index in [2.05, 4.69) is 10.3 Å². The number of amides is 2. The standard InChI is InChI=1S/C22H32N4O2.ClH/c27-21-14-17(15-25(21)19-7-1-2-8-19)22(28)26(16-18-6-3-4-12-24-18)20-9-5-11-23-13-10-20;/h3-4,6,12,17,19-20,23H,1-2,5,7-11,13-16H2;1H. The van der Waals surface area contributed by atoms with E-state index in [1.54, 1.807) is 6.20 Å². The van der Waals surface area contributed by atoms with E-state index < -0.39 is 0 Å². The molecule has 3 aliphatic rings. The van der Waals surface area contributed by atoms with E-state index in [-0.39, 0.29) is 36.2 Å². The summed E-state index contributed by atoms with van der Waals surface area (Å²) in [5.41, 5.74) is 0.921. The van der Waals surface area contributed by atoms with Crippen molar-refractivity contribution in [3.63, 3.8) is 0 Å². The molecular formula is C22H33ClN4O2. The first-order valence-electron chi connectivity index (χ1n) is 10.9. The molecule has 1 aromatic heterocycles. The number of hydrogen-bond donors (Lipinski definition) is 1. The number of likely N-dealkylation sites (tertiary alicyclic amines) is 1. The fraction of sp³-hybridized carbons (Fsp3) is 0.682. The molecular weight excluding hydrogens is 388 g/mol. The van der Waals surface area contributed by atoms with Crippen molar-refractivity contribution in [2.45, 2.75) is 70.0 Å². The summed E-state index contributed by atoms with van der Waals surface area (Å²) in [7, 11) is 0. The van der Waals surface area contributed by atoms with Crippen LogP contribution >= 0.6 is 12.4 Å². The molecule has 0 radical (unpaired) electrons. The molecule has 1 aliphatic carbocycles. The molecule has 7 heteroatoms. The van der Waals surface area contributed by atoms with Crippen molar-refractivity contribution in [2.24, 2.45) is 5.92 Å². The third kappa shape index (κ3) is 5.28. The monoisotopic (exact) mass is 420 g/mol. The summed E-state index contributed by atoms with van der Waals surface area (Å²) in [5, 5.41) is 3.44. The van der Waals surface area contributed by atoms with E-state index in [0.29, 0.717) is 25.6 Å². The average molecular weight is 421 g/mol. The van der Waals surface area contributed by atoms with Crippen molar-refractivity contribution < 1.29 is 9.59 Å². The van der Waals surface area contributed by atoms with Crippen LogP contribution in [0.2, 0.25) is 0 Å². The molecule has 2 amide bonds. The second-order valence-corrected chi connectivity index (χ2v) is 8.51. The van der Waals surface area contributed by atoms with Gasteiger partial charge in [0, 0.05) is 31.2 Å². The van der Waals surface area contributed by atoms with Crippen LogP contribution in [0.15, 0.2) is 24.4 Å².